The Morgan fingerprint density at radius 3 is 1.87 bits per heavy atom. The largest absolute Gasteiger partial charge is 0.457 e. The van der Waals surface area contributed by atoms with Crippen molar-refractivity contribution < 1.29 is 36.5 Å². The second-order valence-corrected chi connectivity index (χ2v) is 13.3. The van der Waals surface area contributed by atoms with Crippen LogP contribution in [0.1, 0.15) is 61.5 Å². The third-order valence-electron chi connectivity index (χ3n) is 6.93. The molecule has 240 valence electrons. The number of esters is 1. The van der Waals surface area contributed by atoms with Crippen LogP contribution in [-0.2, 0) is 29.9 Å². The molecule has 0 fully saturated rings. The summed E-state index contributed by atoms with van der Waals surface area (Å²) >= 11 is 0. The highest BCUT2D eigenvalue weighted by Gasteiger charge is 2.18. The van der Waals surface area contributed by atoms with Crippen molar-refractivity contribution in [2.24, 2.45) is 0 Å². The third-order valence-corrected chi connectivity index (χ3v) is 8.20. The minimum absolute atomic E-state index is 0.0145. The summed E-state index contributed by atoms with van der Waals surface area (Å²) in [6, 6.07) is 26.6. The standard InChI is InChI=1S/C36H37NO8S/c1-25-8-22-32(23-9-25)46(41,42)45-31-16-10-26(11-17-31)33(38)24-43-35(40)7-5-6-34(39)37-28-14-20-30(21-15-28)44-29-18-12-27(13-19-29)36(2,3)4/h8-23H,5-7,24H2,1-4H3,(H,37,39). The van der Waals surface area contributed by atoms with Gasteiger partial charge in [0.05, 0.1) is 0 Å². The Kier molecular flexibility index (Phi) is 11.0. The molecule has 0 aliphatic rings. The van der Waals surface area contributed by atoms with Gasteiger partial charge in [-0.2, -0.15) is 8.42 Å². The zero-order valence-corrected chi connectivity index (χ0v) is 27.1. The molecule has 0 unspecified atom stereocenters. The van der Waals surface area contributed by atoms with Crippen LogP contribution in [0.3, 0.4) is 0 Å². The monoisotopic (exact) mass is 643 g/mol. The molecule has 0 aromatic heterocycles. The molecule has 9 nitrogen and oxygen atoms in total. The summed E-state index contributed by atoms with van der Waals surface area (Å²) in [5, 5.41) is 2.78. The van der Waals surface area contributed by atoms with Crippen molar-refractivity contribution in [3.8, 4) is 17.2 Å². The lowest BCUT2D eigenvalue weighted by Crippen LogP contribution is -2.15. The Morgan fingerprint density at radius 2 is 1.28 bits per heavy atom. The maximum atomic E-state index is 12.5. The second-order valence-electron chi connectivity index (χ2n) is 11.8. The van der Waals surface area contributed by atoms with Crippen molar-refractivity contribution in [3.63, 3.8) is 0 Å². The lowest BCUT2D eigenvalue weighted by molar-refractivity contribution is -0.142. The van der Waals surface area contributed by atoms with E-state index in [0.717, 1.165) is 5.56 Å². The molecular formula is C36H37NO8S. The van der Waals surface area contributed by atoms with E-state index in [9.17, 15) is 22.8 Å². The van der Waals surface area contributed by atoms with E-state index in [4.69, 9.17) is 13.7 Å². The van der Waals surface area contributed by atoms with Gasteiger partial charge in [-0.3, -0.25) is 14.4 Å². The van der Waals surface area contributed by atoms with Gasteiger partial charge in [0.2, 0.25) is 5.91 Å². The maximum absolute atomic E-state index is 12.5. The first-order valence-corrected chi connectivity index (χ1v) is 16.2. The highest BCUT2D eigenvalue weighted by molar-refractivity contribution is 7.87. The number of ether oxygens (including phenoxy) is 2. The van der Waals surface area contributed by atoms with Crippen LogP contribution >= 0.6 is 0 Å². The topological polar surface area (TPSA) is 125 Å². The predicted octanol–water partition coefficient (Wildman–Crippen LogP) is 7.39. The molecule has 0 aliphatic carbocycles. The van der Waals surface area contributed by atoms with Gasteiger partial charge in [0.1, 0.15) is 22.1 Å². The Balaban J connectivity index is 1.15. The Labute approximate surface area is 269 Å². The van der Waals surface area contributed by atoms with Gasteiger partial charge in [-0.1, -0.05) is 50.6 Å². The van der Waals surface area contributed by atoms with E-state index in [-0.39, 0.29) is 46.8 Å². The summed E-state index contributed by atoms with van der Waals surface area (Å²) in [6.45, 7) is 7.81. The van der Waals surface area contributed by atoms with Gasteiger partial charge in [0.25, 0.3) is 0 Å². The second kappa shape index (κ2) is 14.9. The van der Waals surface area contributed by atoms with Crippen molar-refractivity contribution >= 4 is 33.5 Å². The summed E-state index contributed by atoms with van der Waals surface area (Å²) in [4.78, 5) is 36.9. The first-order chi connectivity index (χ1) is 21.8. The number of amides is 1. The van der Waals surface area contributed by atoms with E-state index in [1.165, 1.54) is 42.0 Å². The fourth-order valence-corrected chi connectivity index (χ4v) is 5.19. The van der Waals surface area contributed by atoms with Crippen LogP contribution in [0.15, 0.2) is 102 Å². The molecule has 0 aliphatic heterocycles. The number of rotatable bonds is 13. The predicted molar refractivity (Wildman–Crippen MR) is 175 cm³/mol. The molecule has 0 heterocycles. The number of Topliss-reactive ketones (excluding diaryl/α,β-unsaturated/α-hetero) is 1. The summed E-state index contributed by atoms with van der Waals surface area (Å²) < 4.78 is 41.0. The highest BCUT2D eigenvalue weighted by atomic mass is 32.2. The summed E-state index contributed by atoms with van der Waals surface area (Å²) in [7, 11) is -4.02. The zero-order valence-electron chi connectivity index (χ0n) is 26.2. The van der Waals surface area contributed by atoms with Gasteiger partial charge >= 0.3 is 16.1 Å². The smallest absolute Gasteiger partial charge is 0.339 e. The van der Waals surface area contributed by atoms with Crippen molar-refractivity contribution in [1.82, 2.24) is 0 Å². The summed E-state index contributed by atoms with van der Waals surface area (Å²) in [6.07, 6.45) is 0.297. The maximum Gasteiger partial charge on any atom is 0.339 e. The lowest BCUT2D eigenvalue weighted by atomic mass is 9.87. The van der Waals surface area contributed by atoms with Crippen LogP contribution in [0.5, 0.6) is 17.2 Å². The Bertz CT molecular complexity index is 1760. The van der Waals surface area contributed by atoms with E-state index < -0.39 is 28.5 Å². The number of carbonyl (C=O) groups excluding carboxylic acids is 3. The minimum atomic E-state index is -4.02. The van der Waals surface area contributed by atoms with Crippen LogP contribution in [0.2, 0.25) is 0 Å². The van der Waals surface area contributed by atoms with E-state index in [1.807, 2.05) is 31.2 Å². The van der Waals surface area contributed by atoms with E-state index in [2.05, 4.69) is 26.1 Å². The summed E-state index contributed by atoms with van der Waals surface area (Å²) in [5.41, 5.74) is 3.00. The molecule has 0 spiro atoms. The van der Waals surface area contributed by atoms with Crippen LogP contribution in [0.25, 0.3) is 0 Å². The number of hydrogen-bond donors (Lipinski definition) is 1. The molecular weight excluding hydrogens is 606 g/mol. The fourth-order valence-electron chi connectivity index (χ4n) is 4.26. The summed E-state index contributed by atoms with van der Waals surface area (Å²) in [5.74, 6) is 0.0542. The van der Waals surface area contributed by atoms with Gasteiger partial charge in [0.15, 0.2) is 12.4 Å². The molecule has 0 radical (unpaired) electrons. The molecule has 4 aromatic carbocycles. The minimum Gasteiger partial charge on any atom is -0.457 e. The van der Waals surface area contributed by atoms with Crippen molar-refractivity contribution in [1.29, 1.82) is 0 Å². The number of benzene rings is 4. The molecule has 1 N–H and O–H groups in total. The molecule has 1 amide bonds. The first kappa shape index (κ1) is 33.9. The van der Waals surface area contributed by atoms with E-state index in [1.54, 1.807) is 36.4 Å². The average Bonchev–Trinajstić information content (AvgIpc) is 3.01. The van der Waals surface area contributed by atoms with Crippen molar-refractivity contribution in [3.05, 3.63) is 114 Å². The van der Waals surface area contributed by atoms with Gasteiger partial charge < -0.3 is 19.0 Å². The van der Waals surface area contributed by atoms with E-state index in [0.29, 0.717) is 17.2 Å². The number of carbonyl (C=O) groups is 3. The normalized spacial score (nSPS) is 11.4. The molecule has 0 bridgehead atoms. The molecule has 0 atom stereocenters. The van der Waals surface area contributed by atoms with Crippen LogP contribution in [0, 0.1) is 6.92 Å². The molecule has 4 aromatic rings. The molecule has 0 saturated heterocycles. The van der Waals surface area contributed by atoms with Crippen molar-refractivity contribution in [2.75, 3.05) is 11.9 Å². The average molecular weight is 644 g/mol. The van der Waals surface area contributed by atoms with Gasteiger partial charge in [-0.25, -0.2) is 0 Å². The fraction of sp³-hybridized carbons (Fsp3) is 0.250. The van der Waals surface area contributed by atoms with Gasteiger partial charge in [-0.15, -0.1) is 0 Å². The van der Waals surface area contributed by atoms with E-state index >= 15 is 0 Å². The van der Waals surface area contributed by atoms with Gasteiger partial charge in [-0.05, 0) is 97.1 Å². The SMILES string of the molecule is Cc1ccc(S(=O)(=O)Oc2ccc(C(=O)COC(=O)CCCC(=O)Nc3ccc(Oc4ccc(C(C)(C)C)cc4)cc3)cc2)cc1. The molecule has 4 rings (SSSR count). The number of aryl methyl sites for hydroxylation is 1. The number of hydrogen-bond acceptors (Lipinski definition) is 8. The number of ketones is 1. The lowest BCUT2D eigenvalue weighted by Gasteiger charge is -2.19. The van der Waals surface area contributed by atoms with Crippen LogP contribution in [-0.4, -0.2) is 32.7 Å². The molecule has 46 heavy (non-hydrogen) atoms. The van der Waals surface area contributed by atoms with Crippen molar-refractivity contribution in [2.45, 2.75) is 57.3 Å². The van der Waals surface area contributed by atoms with Gasteiger partial charge in [0, 0.05) is 24.1 Å². The Morgan fingerprint density at radius 1 is 0.717 bits per heavy atom. The first-order valence-electron chi connectivity index (χ1n) is 14.8. The zero-order chi connectivity index (χ0) is 33.3. The molecule has 10 heteroatoms. The van der Waals surface area contributed by atoms with Crippen LogP contribution in [0.4, 0.5) is 5.69 Å². The number of anilines is 1. The third kappa shape index (κ3) is 10.0. The number of nitrogens with one attached hydrogen (secondary N) is 1. The quantitative estimate of drug-likeness (QED) is 0.0909. The highest BCUT2D eigenvalue weighted by Crippen LogP contribution is 2.28. The molecule has 0 saturated carbocycles. The Hall–Kier alpha value is -4.96. The van der Waals surface area contributed by atoms with Crippen LogP contribution < -0.4 is 14.2 Å².